The zero-order chi connectivity index (χ0) is 13.8. The van der Waals surface area contributed by atoms with E-state index >= 15 is 0 Å². The van der Waals surface area contributed by atoms with Gasteiger partial charge in [0.05, 0.1) is 5.75 Å². The van der Waals surface area contributed by atoms with Crippen molar-refractivity contribution in [3.8, 4) is 0 Å². The Kier molecular flexibility index (Phi) is 4.99. The number of aryl methyl sites for hydroxylation is 1. The van der Waals surface area contributed by atoms with Crippen molar-refractivity contribution in [1.82, 2.24) is 19.7 Å². The Hall–Kier alpha value is -0.880. The molecular weight excluding hydrogens is 260 g/mol. The fourth-order valence-corrected chi connectivity index (χ4v) is 3.37. The van der Waals surface area contributed by atoms with Gasteiger partial charge in [-0.05, 0) is 39.8 Å². The topological polar surface area (TPSA) is 51.0 Å². The van der Waals surface area contributed by atoms with Crippen molar-refractivity contribution in [2.75, 3.05) is 18.8 Å². The van der Waals surface area contributed by atoms with Crippen molar-refractivity contribution in [3.63, 3.8) is 0 Å². The van der Waals surface area contributed by atoms with Gasteiger partial charge in [-0.2, -0.15) is 0 Å². The van der Waals surface area contributed by atoms with Gasteiger partial charge < -0.3 is 4.57 Å². The zero-order valence-corrected chi connectivity index (χ0v) is 12.7. The second kappa shape index (κ2) is 6.52. The highest BCUT2D eigenvalue weighted by molar-refractivity contribution is 7.99. The lowest BCUT2D eigenvalue weighted by atomic mass is 10.2. The number of hydrogen-bond donors (Lipinski definition) is 0. The molecular formula is C13H22N4OS. The van der Waals surface area contributed by atoms with E-state index in [4.69, 9.17) is 0 Å². The summed E-state index contributed by atoms with van der Waals surface area (Å²) in [6.45, 7) is 9.03. The average Bonchev–Trinajstić information content (AvgIpc) is 2.96. The number of carbonyl (C=O) groups is 1. The first kappa shape index (κ1) is 14.5. The molecule has 0 aromatic carbocycles. The summed E-state index contributed by atoms with van der Waals surface area (Å²) in [6, 6.07) is 0.580. The molecule has 6 heteroatoms. The smallest absolute Gasteiger partial charge is 0.191 e. The largest absolute Gasteiger partial charge is 0.305 e. The molecule has 5 nitrogen and oxygen atoms in total. The van der Waals surface area contributed by atoms with Crippen molar-refractivity contribution in [3.05, 3.63) is 5.82 Å². The number of likely N-dealkylation sites (tertiary alicyclic amines) is 1. The van der Waals surface area contributed by atoms with Crippen LogP contribution in [-0.2, 0) is 11.3 Å². The van der Waals surface area contributed by atoms with E-state index in [2.05, 4.69) is 26.6 Å². The monoisotopic (exact) mass is 282 g/mol. The summed E-state index contributed by atoms with van der Waals surface area (Å²) < 4.78 is 2.16. The maximum Gasteiger partial charge on any atom is 0.191 e. The van der Waals surface area contributed by atoms with Gasteiger partial charge in [0.15, 0.2) is 5.16 Å². The molecule has 1 fully saturated rings. The van der Waals surface area contributed by atoms with E-state index in [9.17, 15) is 4.79 Å². The Morgan fingerprint density at radius 1 is 1.47 bits per heavy atom. The van der Waals surface area contributed by atoms with E-state index < -0.39 is 0 Å². The maximum atomic E-state index is 11.1. The summed E-state index contributed by atoms with van der Waals surface area (Å²) in [7, 11) is 0. The van der Waals surface area contributed by atoms with Crippen molar-refractivity contribution < 1.29 is 4.79 Å². The number of aromatic nitrogens is 3. The lowest BCUT2D eigenvalue weighted by Gasteiger charge is -2.23. The molecule has 19 heavy (non-hydrogen) atoms. The van der Waals surface area contributed by atoms with E-state index in [1.807, 2.05) is 6.92 Å². The third-order valence-corrected chi connectivity index (χ3v) is 4.72. The molecule has 1 aliphatic heterocycles. The van der Waals surface area contributed by atoms with Crippen LogP contribution in [0.2, 0.25) is 0 Å². The summed E-state index contributed by atoms with van der Waals surface area (Å²) in [5.74, 6) is 1.59. The van der Waals surface area contributed by atoms with Crippen molar-refractivity contribution in [1.29, 1.82) is 0 Å². The zero-order valence-electron chi connectivity index (χ0n) is 11.9. The van der Waals surface area contributed by atoms with E-state index in [1.54, 1.807) is 6.92 Å². The van der Waals surface area contributed by atoms with Crippen LogP contribution >= 0.6 is 11.8 Å². The second-order valence-electron chi connectivity index (χ2n) is 5.06. The third kappa shape index (κ3) is 3.57. The summed E-state index contributed by atoms with van der Waals surface area (Å²) in [5.41, 5.74) is 0. The van der Waals surface area contributed by atoms with Crippen LogP contribution < -0.4 is 0 Å². The van der Waals surface area contributed by atoms with E-state index in [0.717, 1.165) is 24.1 Å². The van der Waals surface area contributed by atoms with Gasteiger partial charge in [0, 0.05) is 12.6 Å². The number of Topliss-reactive ketones (excluding diaryl/α,β-unsaturated/α-hetero) is 1. The van der Waals surface area contributed by atoms with Gasteiger partial charge in [-0.3, -0.25) is 9.69 Å². The number of ketones is 1. The summed E-state index contributed by atoms with van der Waals surface area (Å²) >= 11 is 1.49. The van der Waals surface area contributed by atoms with Crippen LogP contribution in [0.15, 0.2) is 5.16 Å². The first-order valence-electron chi connectivity index (χ1n) is 6.88. The molecule has 0 amide bonds. The molecule has 1 aliphatic rings. The highest BCUT2D eigenvalue weighted by Crippen LogP contribution is 2.22. The Morgan fingerprint density at radius 3 is 2.95 bits per heavy atom. The Morgan fingerprint density at radius 2 is 2.26 bits per heavy atom. The molecule has 1 atom stereocenters. The van der Waals surface area contributed by atoms with Gasteiger partial charge in [-0.25, -0.2) is 0 Å². The van der Waals surface area contributed by atoms with E-state index in [1.165, 1.54) is 31.1 Å². The molecule has 0 aliphatic carbocycles. The molecule has 0 bridgehead atoms. The van der Waals surface area contributed by atoms with Gasteiger partial charge in [0.1, 0.15) is 11.6 Å². The van der Waals surface area contributed by atoms with Gasteiger partial charge in [0.2, 0.25) is 0 Å². The van der Waals surface area contributed by atoms with Gasteiger partial charge in [0.25, 0.3) is 0 Å². The average molecular weight is 282 g/mol. The molecule has 0 unspecified atom stereocenters. The Labute approximate surface area is 118 Å². The third-order valence-electron chi connectivity index (χ3n) is 3.60. The fraction of sp³-hybridized carbons (Fsp3) is 0.769. The predicted octanol–water partition coefficient (Wildman–Crippen LogP) is 1.75. The molecule has 1 aromatic heterocycles. The molecule has 0 spiro atoms. The van der Waals surface area contributed by atoms with Crippen LogP contribution in [0.3, 0.4) is 0 Å². The van der Waals surface area contributed by atoms with E-state index in [-0.39, 0.29) is 5.78 Å². The SMILES string of the molecule is CCN1CCC[C@@H]1Cn1c(C)nnc1SCC(C)=O. The summed E-state index contributed by atoms with van der Waals surface area (Å²) in [4.78, 5) is 13.6. The lowest BCUT2D eigenvalue weighted by Crippen LogP contribution is -2.33. The number of thioether (sulfide) groups is 1. The number of likely N-dealkylation sites (N-methyl/N-ethyl adjacent to an activating group) is 1. The molecule has 1 saturated heterocycles. The second-order valence-corrected chi connectivity index (χ2v) is 6.00. The molecule has 0 saturated carbocycles. The summed E-state index contributed by atoms with van der Waals surface area (Å²) in [6.07, 6.45) is 2.51. The molecule has 1 aromatic rings. The minimum atomic E-state index is 0.174. The van der Waals surface area contributed by atoms with E-state index in [0.29, 0.717) is 11.8 Å². The van der Waals surface area contributed by atoms with Crippen LogP contribution in [0.4, 0.5) is 0 Å². The quantitative estimate of drug-likeness (QED) is 0.744. The summed E-state index contributed by atoms with van der Waals surface area (Å²) in [5, 5.41) is 9.21. The molecule has 2 heterocycles. The van der Waals surface area contributed by atoms with Crippen molar-refractivity contribution in [2.45, 2.75) is 51.4 Å². The van der Waals surface area contributed by atoms with Gasteiger partial charge in [-0.1, -0.05) is 18.7 Å². The molecule has 0 N–H and O–H groups in total. The van der Waals surface area contributed by atoms with Crippen LogP contribution in [0.5, 0.6) is 0 Å². The van der Waals surface area contributed by atoms with Gasteiger partial charge in [-0.15, -0.1) is 10.2 Å². The molecule has 0 radical (unpaired) electrons. The normalized spacial score (nSPS) is 20.1. The van der Waals surface area contributed by atoms with Crippen LogP contribution in [-0.4, -0.2) is 50.3 Å². The first-order valence-corrected chi connectivity index (χ1v) is 7.86. The minimum absolute atomic E-state index is 0.174. The van der Waals surface area contributed by atoms with Crippen molar-refractivity contribution in [2.24, 2.45) is 0 Å². The Balaban J connectivity index is 2.06. The van der Waals surface area contributed by atoms with Crippen molar-refractivity contribution >= 4 is 17.5 Å². The number of carbonyl (C=O) groups excluding carboxylic acids is 1. The number of nitrogens with zero attached hydrogens (tertiary/aromatic N) is 4. The Bertz CT molecular complexity index is 446. The number of rotatable bonds is 6. The number of hydrogen-bond acceptors (Lipinski definition) is 5. The standard InChI is InChI=1S/C13H22N4OS/c1-4-16-7-5-6-12(16)8-17-11(3)14-15-13(17)19-9-10(2)18/h12H,4-9H2,1-3H3/t12-/m1/s1. The van der Waals surface area contributed by atoms with Crippen LogP contribution in [0, 0.1) is 6.92 Å². The molecule has 106 valence electrons. The maximum absolute atomic E-state index is 11.1. The molecule has 2 rings (SSSR count). The fourth-order valence-electron chi connectivity index (χ4n) is 2.57. The predicted molar refractivity (Wildman–Crippen MR) is 76.4 cm³/mol. The van der Waals surface area contributed by atoms with Crippen LogP contribution in [0.25, 0.3) is 0 Å². The highest BCUT2D eigenvalue weighted by atomic mass is 32.2. The van der Waals surface area contributed by atoms with Gasteiger partial charge >= 0.3 is 0 Å². The lowest BCUT2D eigenvalue weighted by molar-refractivity contribution is -0.114. The van der Waals surface area contributed by atoms with Crippen LogP contribution in [0.1, 0.15) is 32.5 Å². The highest BCUT2D eigenvalue weighted by Gasteiger charge is 2.25. The minimum Gasteiger partial charge on any atom is -0.305 e. The first-order chi connectivity index (χ1) is 9.11.